The molecule has 2 nitrogen and oxygen atoms in total. The Labute approximate surface area is 90.6 Å². The molecule has 2 aromatic rings. The maximum atomic E-state index is 13.0. The van der Waals surface area contributed by atoms with Crippen LogP contribution in [0.2, 0.25) is 0 Å². The number of aromatic nitrogens is 1. The average Bonchev–Trinajstić information content (AvgIpc) is 2.59. The molecule has 0 amide bonds. The van der Waals surface area contributed by atoms with Crippen molar-refractivity contribution in [3.63, 3.8) is 0 Å². The zero-order valence-corrected chi connectivity index (χ0v) is 8.81. The van der Waals surface area contributed by atoms with Gasteiger partial charge in [0.2, 0.25) is 0 Å². The molecule has 0 spiro atoms. The first-order valence-corrected chi connectivity index (χ1v) is 5.16. The average molecular weight is 218 g/mol. The van der Waals surface area contributed by atoms with E-state index >= 15 is 0 Å². The van der Waals surface area contributed by atoms with Gasteiger partial charge in [0, 0.05) is 5.56 Å². The van der Waals surface area contributed by atoms with Gasteiger partial charge in [-0.1, -0.05) is 12.1 Å². The van der Waals surface area contributed by atoms with E-state index < -0.39 is 0 Å². The maximum absolute atomic E-state index is 13.0. The lowest BCUT2D eigenvalue weighted by molar-refractivity contribution is 0.628. The third-order valence-electron chi connectivity index (χ3n) is 1.93. The van der Waals surface area contributed by atoms with Crippen LogP contribution < -0.4 is 0 Å². The number of hydrogen-bond donors (Lipinski definition) is 0. The maximum Gasteiger partial charge on any atom is 0.132 e. The summed E-state index contributed by atoms with van der Waals surface area (Å²) in [6.45, 7) is 1.83. The lowest BCUT2D eigenvalue weighted by atomic mass is 10.1. The minimum Gasteiger partial charge on any atom is -0.240 e. The topological polar surface area (TPSA) is 36.7 Å². The highest BCUT2D eigenvalue weighted by Crippen LogP contribution is 2.27. The van der Waals surface area contributed by atoms with Crippen molar-refractivity contribution in [3.8, 4) is 17.3 Å². The number of hydrogen-bond acceptors (Lipinski definition) is 3. The van der Waals surface area contributed by atoms with Gasteiger partial charge < -0.3 is 0 Å². The molecular weight excluding hydrogens is 211 g/mol. The number of nitrogens with zero attached hydrogens (tertiary/aromatic N) is 2. The van der Waals surface area contributed by atoms with E-state index in [2.05, 4.69) is 11.1 Å². The lowest BCUT2D eigenvalue weighted by Crippen LogP contribution is -1.82. The van der Waals surface area contributed by atoms with E-state index in [0.29, 0.717) is 16.1 Å². The Hall–Kier alpha value is -1.73. The highest BCUT2D eigenvalue weighted by molar-refractivity contribution is 7.12. The van der Waals surface area contributed by atoms with Crippen LogP contribution in [0.5, 0.6) is 0 Å². The zero-order valence-electron chi connectivity index (χ0n) is 7.99. The Kier molecular flexibility index (Phi) is 2.48. The van der Waals surface area contributed by atoms with Crippen LogP contribution in [-0.2, 0) is 0 Å². The third kappa shape index (κ3) is 1.88. The van der Waals surface area contributed by atoms with Gasteiger partial charge in [-0.05, 0) is 19.1 Å². The van der Waals surface area contributed by atoms with Crippen molar-refractivity contribution in [1.29, 1.82) is 5.26 Å². The predicted octanol–water partition coefficient (Wildman–Crippen LogP) is 3.13. The molecule has 2 rings (SSSR count). The number of rotatable bonds is 1. The molecule has 0 radical (unpaired) electrons. The van der Waals surface area contributed by atoms with Gasteiger partial charge in [0.25, 0.3) is 0 Å². The quantitative estimate of drug-likeness (QED) is 0.737. The van der Waals surface area contributed by atoms with Gasteiger partial charge in [-0.2, -0.15) is 5.26 Å². The Bertz CT molecular complexity index is 540. The second-order valence-electron chi connectivity index (χ2n) is 3.03. The minimum atomic E-state index is -0.318. The van der Waals surface area contributed by atoms with Crippen molar-refractivity contribution in [2.24, 2.45) is 0 Å². The van der Waals surface area contributed by atoms with Crippen molar-refractivity contribution in [1.82, 2.24) is 4.98 Å². The fourth-order valence-electron chi connectivity index (χ4n) is 1.33. The molecule has 1 aromatic carbocycles. The predicted molar refractivity (Wildman–Crippen MR) is 57.0 cm³/mol. The molecule has 0 saturated heterocycles. The summed E-state index contributed by atoms with van der Waals surface area (Å²) in [6.07, 6.45) is 0. The van der Waals surface area contributed by atoms with Gasteiger partial charge in [-0.3, -0.25) is 0 Å². The van der Waals surface area contributed by atoms with Crippen LogP contribution in [0.25, 0.3) is 11.3 Å². The Morgan fingerprint density at radius 2 is 2.27 bits per heavy atom. The Balaban J connectivity index is 2.59. The number of thiazole rings is 1. The van der Waals surface area contributed by atoms with Gasteiger partial charge in [-0.25, -0.2) is 9.37 Å². The first kappa shape index (κ1) is 9.81. The largest absolute Gasteiger partial charge is 0.240 e. The SMILES string of the molecule is Cc1nc(-c2cccc(F)c2)c(C#N)s1. The van der Waals surface area contributed by atoms with E-state index in [-0.39, 0.29) is 5.82 Å². The fraction of sp³-hybridized carbons (Fsp3) is 0.0909. The van der Waals surface area contributed by atoms with Crippen molar-refractivity contribution in [2.75, 3.05) is 0 Å². The molecule has 0 atom stereocenters. The molecule has 0 aliphatic carbocycles. The molecule has 0 aliphatic heterocycles. The van der Waals surface area contributed by atoms with Crippen LogP contribution in [-0.4, -0.2) is 4.98 Å². The van der Waals surface area contributed by atoms with E-state index in [4.69, 9.17) is 5.26 Å². The third-order valence-corrected chi connectivity index (χ3v) is 2.81. The van der Waals surface area contributed by atoms with E-state index in [1.54, 1.807) is 12.1 Å². The summed E-state index contributed by atoms with van der Waals surface area (Å²) in [4.78, 5) is 4.75. The van der Waals surface area contributed by atoms with Gasteiger partial charge in [0.15, 0.2) is 0 Å². The van der Waals surface area contributed by atoms with E-state index in [0.717, 1.165) is 5.01 Å². The van der Waals surface area contributed by atoms with Crippen LogP contribution in [0, 0.1) is 24.1 Å². The molecule has 0 fully saturated rings. The molecule has 1 aromatic heterocycles. The highest BCUT2D eigenvalue weighted by Gasteiger charge is 2.10. The number of nitriles is 1. The van der Waals surface area contributed by atoms with Crippen LogP contribution in [0.4, 0.5) is 4.39 Å². The summed E-state index contributed by atoms with van der Waals surface area (Å²) in [5, 5.41) is 9.70. The van der Waals surface area contributed by atoms with Gasteiger partial charge in [-0.15, -0.1) is 11.3 Å². The molecule has 1 heterocycles. The summed E-state index contributed by atoms with van der Waals surface area (Å²) in [7, 11) is 0. The summed E-state index contributed by atoms with van der Waals surface area (Å²) in [5.41, 5.74) is 1.22. The van der Waals surface area contributed by atoms with Crippen LogP contribution in [0.3, 0.4) is 0 Å². The van der Waals surface area contributed by atoms with E-state index in [9.17, 15) is 4.39 Å². The van der Waals surface area contributed by atoms with Crippen molar-refractivity contribution < 1.29 is 4.39 Å². The molecule has 0 aliphatic rings. The molecule has 0 bridgehead atoms. The summed E-state index contributed by atoms with van der Waals surface area (Å²) < 4.78 is 13.0. The van der Waals surface area contributed by atoms with Crippen LogP contribution in [0.15, 0.2) is 24.3 Å². The van der Waals surface area contributed by atoms with E-state index in [1.165, 1.54) is 23.5 Å². The number of halogens is 1. The van der Waals surface area contributed by atoms with Crippen LogP contribution in [0.1, 0.15) is 9.88 Å². The van der Waals surface area contributed by atoms with Gasteiger partial charge in [0.05, 0.1) is 10.7 Å². The molecule has 0 unspecified atom stereocenters. The molecule has 4 heteroatoms. The van der Waals surface area contributed by atoms with Crippen LogP contribution >= 0.6 is 11.3 Å². The van der Waals surface area contributed by atoms with Gasteiger partial charge >= 0.3 is 0 Å². The second kappa shape index (κ2) is 3.79. The monoisotopic (exact) mass is 218 g/mol. The highest BCUT2D eigenvalue weighted by atomic mass is 32.1. The normalized spacial score (nSPS) is 9.93. The summed E-state index contributed by atoms with van der Waals surface area (Å²) in [5.74, 6) is -0.318. The molecule has 0 saturated carbocycles. The van der Waals surface area contributed by atoms with E-state index in [1.807, 2.05) is 6.92 Å². The molecule has 74 valence electrons. The lowest BCUT2D eigenvalue weighted by Gasteiger charge is -1.96. The second-order valence-corrected chi connectivity index (χ2v) is 4.24. The standard InChI is InChI=1S/C11H7FN2S/c1-7-14-11(10(6-13)15-7)8-3-2-4-9(12)5-8/h2-5H,1H3. The first-order valence-electron chi connectivity index (χ1n) is 4.34. The number of aryl methyl sites for hydroxylation is 1. The molecule has 15 heavy (non-hydrogen) atoms. The molecule has 0 N–H and O–H groups in total. The summed E-state index contributed by atoms with van der Waals surface area (Å²) in [6, 6.07) is 8.18. The summed E-state index contributed by atoms with van der Waals surface area (Å²) >= 11 is 1.32. The van der Waals surface area contributed by atoms with Crippen molar-refractivity contribution in [3.05, 3.63) is 40.0 Å². The molecular formula is C11H7FN2S. The number of benzene rings is 1. The zero-order chi connectivity index (χ0) is 10.8. The Morgan fingerprint density at radius 3 is 2.93 bits per heavy atom. The van der Waals surface area contributed by atoms with Gasteiger partial charge in [0.1, 0.15) is 16.8 Å². The first-order chi connectivity index (χ1) is 7.20. The van der Waals surface area contributed by atoms with Crippen molar-refractivity contribution >= 4 is 11.3 Å². The smallest absolute Gasteiger partial charge is 0.132 e. The van der Waals surface area contributed by atoms with Crippen molar-refractivity contribution in [2.45, 2.75) is 6.92 Å². The fourth-order valence-corrected chi connectivity index (χ4v) is 2.07. The Morgan fingerprint density at radius 1 is 1.47 bits per heavy atom. The minimum absolute atomic E-state index is 0.318.